The Balaban J connectivity index is 1.36. The number of nitrogens with one attached hydrogen (secondary N) is 3. The number of aliphatic hydroxyl groups is 1. The summed E-state index contributed by atoms with van der Waals surface area (Å²) < 4.78 is 0. The van der Waals surface area contributed by atoms with Crippen LogP contribution in [0.15, 0.2) is 42.5 Å². The number of phenolic OH excluding ortho intramolecular Hbond substituents is 1. The van der Waals surface area contributed by atoms with Crippen molar-refractivity contribution in [1.82, 2.24) is 10.2 Å². The first kappa shape index (κ1) is 18.0. The lowest BCUT2D eigenvalue weighted by Gasteiger charge is -2.54. The molecule has 1 spiro atoms. The molecule has 7 heteroatoms. The second kappa shape index (κ2) is 5.97. The molecule has 0 radical (unpaired) electrons. The van der Waals surface area contributed by atoms with Crippen molar-refractivity contribution in [2.75, 3.05) is 5.32 Å². The molecule has 2 aliphatic carbocycles. The molecule has 5 N–H and O–H groups in total. The third-order valence-corrected chi connectivity index (χ3v) is 6.35. The van der Waals surface area contributed by atoms with Gasteiger partial charge in [0.25, 0.3) is 0 Å². The molecule has 1 saturated heterocycles. The number of carbonyl (C=O) groups excluding carboxylic acids is 1. The molecule has 150 valence electrons. The van der Waals surface area contributed by atoms with Gasteiger partial charge in [0.2, 0.25) is 5.91 Å². The van der Waals surface area contributed by atoms with Gasteiger partial charge in [0, 0.05) is 23.8 Å². The van der Waals surface area contributed by atoms with Gasteiger partial charge in [0.05, 0.1) is 17.6 Å². The quantitative estimate of drug-likeness (QED) is 0.516. The maximum Gasteiger partial charge on any atom is 0.232 e. The van der Waals surface area contributed by atoms with Crippen LogP contribution in [0.4, 0.5) is 11.4 Å². The van der Waals surface area contributed by atoms with Crippen molar-refractivity contribution in [3.63, 3.8) is 0 Å². The lowest BCUT2D eigenvalue weighted by Crippen LogP contribution is -2.69. The number of aromatic hydroxyl groups is 1. The van der Waals surface area contributed by atoms with Crippen LogP contribution in [0.3, 0.4) is 0 Å². The molecule has 0 unspecified atom stereocenters. The van der Waals surface area contributed by atoms with E-state index in [9.17, 15) is 15.0 Å². The fourth-order valence-corrected chi connectivity index (χ4v) is 4.93. The van der Waals surface area contributed by atoms with E-state index in [4.69, 9.17) is 5.41 Å². The van der Waals surface area contributed by atoms with E-state index in [0.717, 1.165) is 22.5 Å². The number of carbonyl (C=O) groups is 1. The Bertz CT molecular complexity index is 989. The van der Waals surface area contributed by atoms with E-state index in [1.807, 2.05) is 30.3 Å². The minimum absolute atomic E-state index is 0.0585. The number of nitrogens with zero attached hydrogens (tertiary/aromatic N) is 1. The lowest BCUT2D eigenvalue weighted by atomic mass is 9.66. The number of anilines is 2. The van der Waals surface area contributed by atoms with Crippen LogP contribution in [0.25, 0.3) is 0 Å². The van der Waals surface area contributed by atoms with Crippen LogP contribution in [0.5, 0.6) is 5.75 Å². The minimum Gasteiger partial charge on any atom is -0.508 e. The van der Waals surface area contributed by atoms with Gasteiger partial charge in [0.15, 0.2) is 5.96 Å². The summed E-state index contributed by atoms with van der Waals surface area (Å²) >= 11 is 0. The Morgan fingerprint density at radius 2 is 1.90 bits per heavy atom. The summed E-state index contributed by atoms with van der Waals surface area (Å²) in [7, 11) is 0. The van der Waals surface area contributed by atoms with Crippen LogP contribution < -0.4 is 10.6 Å². The van der Waals surface area contributed by atoms with Crippen molar-refractivity contribution in [1.29, 1.82) is 5.41 Å². The molecule has 2 aromatic rings. The second-order valence-corrected chi connectivity index (χ2v) is 8.74. The van der Waals surface area contributed by atoms with E-state index >= 15 is 0 Å². The zero-order valence-electron chi connectivity index (χ0n) is 16.2. The maximum absolute atomic E-state index is 12.9. The average Bonchev–Trinajstić information content (AvgIpc) is 2.62. The summed E-state index contributed by atoms with van der Waals surface area (Å²) in [6.45, 7) is 1.77. The van der Waals surface area contributed by atoms with Crippen molar-refractivity contribution in [3.8, 4) is 5.75 Å². The lowest BCUT2D eigenvalue weighted by molar-refractivity contribution is -0.140. The van der Waals surface area contributed by atoms with Gasteiger partial charge < -0.3 is 20.8 Å². The molecule has 0 aromatic heterocycles. The molecule has 1 atom stereocenters. The summed E-state index contributed by atoms with van der Waals surface area (Å²) in [6, 6.07) is 12.8. The van der Waals surface area contributed by atoms with Gasteiger partial charge in [-0.25, -0.2) is 0 Å². The Morgan fingerprint density at radius 1 is 1.17 bits per heavy atom. The van der Waals surface area contributed by atoms with E-state index < -0.39 is 11.1 Å². The van der Waals surface area contributed by atoms with Crippen molar-refractivity contribution < 1.29 is 15.0 Å². The number of amides is 1. The van der Waals surface area contributed by atoms with Crippen LogP contribution in [0.1, 0.15) is 37.3 Å². The van der Waals surface area contributed by atoms with Crippen molar-refractivity contribution in [3.05, 3.63) is 53.6 Å². The van der Waals surface area contributed by atoms with Crippen LogP contribution in [0, 0.1) is 5.41 Å². The number of benzene rings is 2. The minimum atomic E-state index is -0.738. The first-order chi connectivity index (χ1) is 13.8. The summed E-state index contributed by atoms with van der Waals surface area (Å²) in [5.74, 6) is 0.289. The molecule has 5 rings (SSSR count). The van der Waals surface area contributed by atoms with Gasteiger partial charge in [-0.2, -0.15) is 0 Å². The largest absolute Gasteiger partial charge is 0.508 e. The van der Waals surface area contributed by atoms with Gasteiger partial charge in [-0.05, 0) is 61.2 Å². The Morgan fingerprint density at radius 3 is 2.55 bits per heavy atom. The Hall–Kier alpha value is -3.06. The van der Waals surface area contributed by atoms with E-state index in [-0.39, 0.29) is 23.7 Å². The summed E-state index contributed by atoms with van der Waals surface area (Å²) in [5, 5.41) is 34.5. The van der Waals surface area contributed by atoms with Crippen LogP contribution in [-0.2, 0) is 16.8 Å². The van der Waals surface area contributed by atoms with Crippen molar-refractivity contribution in [2.24, 2.45) is 0 Å². The highest BCUT2D eigenvalue weighted by Crippen LogP contribution is 2.48. The molecule has 1 saturated carbocycles. The molecule has 1 heterocycles. The molecule has 0 bridgehead atoms. The first-order valence-electron chi connectivity index (χ1n) is 9.86. The number of hydrogen-bond donors (Lipinski definition) is 5. The van der Waals surface area contributed by atoms with Crippen molar-refractivity contribution >= 4 is 23.2 Å². The summed E-state index contributed by atoms with van der Waals surface area (Å²) in [5.41, 5.74) is 2.75. The fourth-order valence-electron chi connectivity index (χ4n) is 4.93. The smallest absolute Gasteiger partial charge is 0.232 e. The number of hydrogen-bond acceptors (Lipinski definition) is 5. The molecule has 1 aliphatic heterocycles. The molecular weight excluding hydrogens is 368 g/mol. The van der Waals surface area contributed by atoms with Gasteiger partial charge in [-0.3, -0.25) is 15.1 Å². The van der Waals surface area contributed by atoms with E-state index in [0.29, 0.717) is 25.7 Å². The number of guanidine groups is 1. The molecule has 7 nitrogen and oxygen atoms in total. The number of phenols is 1. The van der Waals surface area contributed by atoms with Crippen LogP contribution in [-0.4, -0.2) is 38.6 Å². The highest BCUT2D eigenvalue weighted by Gasteiger charge is 2.54. The summed E-state index contributed by atoms with van der Waals surface area (Å²) in [4.78, 5) is 14.4. The van der Waals surface area contributed by atoms with Gasteiger partial charge in [-0.1, -0.05) is 12.1 Å². The van der Waals surface area contributed by atoms with Gasteiger partial charge >= 0.3 is 0 Å². The number of rotatable bonds is 3. The standard InChI is InChI=1S/C22H24N4O3/c1-21(29)9-14(10-21)26-19(28)12-22(25-20(26)23)11-16-17(22)3-2-4-18(16)24-13-5-7-15(27)8-6-13/h2-8,14,24,27,29H,9-12H2,1H3,(H2,23,25)/t14-,21+,22-/m0/s1. The van der Waals surface area contributed by atoms with Gasteiger partial charge in [0.1, 0.15) is 5.75 Å². The van der Waals surface area contributed by atoms with Crippen LogP contribution >= 0.6 is 0 Å². The monoisotopic (exact) mass is 392 g/mol. The van der Waals surface area contributed by atoms with E-state index in [1.165, 1.54) is 4.90 Å². The van der Waals surface area contributed by atoms with E-state index in [1.54, 1.807) is 19.1 Å². The number of fused-ring (bicyclic) bond motifs is 2. The molecule has 2 fully saturated rings. The highest BCUT2D eigenvalue weighted by molar-refractivity contribution is 6.00. The average molecular weight is 392 g/mol. The third-order valence-electron chi connectivity index (χ3n) is 6.35. The molecule has 3 aliphatic rings. The third kappa shape index (κ3) is 2.84. The zero-order chi connectivity index (χ0) is 20.4. The SMILES string of the molecule is C[C@]1(O)C[C@@H](N2C(=N)N[C@]3(CC2=O)Cc2c(Nc4ccc(O)cc4)cccc23)C1. The molecule has 2 aromatic carbocycles. The van der Waals surface area contributed by atoms with Gasteiger partial charge in [-0.15, -0.1) is 0 Å². The van der Waals surface area contributed by atoms with Crippen LogP contribution in [0.2, 0.25) is 0 Å². The van der Waals surface area contributed by atoms with Crippen molar-refractivity contribution in [2.45, 2.75) is 49.8 Å². The second-order valence-electron chi connectivity index (χ2n) is 8.74. The normalized spacial score (nSPS) is 30.3. The molecule has 29 heavy (non-hydrogen) atoms. The predicted octanol–water partition coefficient (Wildman–Crippen LogP) is 2.56. The zero-order valence-corrected chi connectivity index (χ0v) is 16.2. The first-order valence-corrected chi connectivity index (χ1v) is 9.86. The predicted molar refractivity (Wildman–Crippen MR) is 109 cm³/mol. The van der Waals surface area contributed by atoms with E-state index in [2.05, 4.69) is 10.6 Å². The highest BCUT2D eigenvalue weighted by atomic mass is 16.3. The Labute approximate surface area is 168 Å². The maximum atomic E-state index is 12.9. The molecular formula is C22H24N4O3. The Kier molecular flexibility index (Phi) is 3.70. The summed E-state index contributed by atoms with van der Waals surface area (Å²) in [6.07, 6.45) is 1.98. The molecule has 1 amide bonds. The topological polar surface area (TPSA) is 109 Å². The fraction of sp³-hybridized carbons (Fsp3) is 0.364.